The summed E-state index contributed by atoms with van der Waals surface area (Å²) in [6.45, 7) is 4.52. The molecule has 0 bridgehead atoms. The molecule has 0 aliphatic carbocycles. The number of carbonyl (C=O) groups is 2. The van der Waals surface area contributed by atoms with Crippen molar-refractivity contribution in [3.8, 4) is 11.3 Å². The number of hydrogen-bond acceptors (Lipinski definition) is 4. The van der Waals surface area contributed by atoms with Gasteiger partial charge in [-0.25, -0.2) is 9.78 Å². The average molecular weight is 357 g/mol. The number of nitrogens with zero attached hydrogens (tertiary/aromatic N) is 2. The number of benzene rings is 1. The number of piperidine rings is 1. The number of oxazole rings is 1. The molecule has 0 saturated carbocycles. The summed E-state index contributed by atoms with van der Waals surface area (Å²) in [5.74, 6) is -0.178. The van der Waals surface area contributed by atoms with Crippen LogP contribution in [0.25, 0.3) is 11.3 Å². The molecule has 3 rings (SSSR count). The number of urea groups is 1. The Hall–Kier alpha value is -2.83. The summed E-state index contributed by atoms with van der Waals surface area (Å²) >= 11 is 0. The molecule has 26 heavy (non-hydrogen) atoms. The molecule has 1 saturated heterocycles. The number of rotatable bonds is 4. The van der Waals surface area contributed by atoms with E-state index in [1.165, 1.54) is 0 Å². The van der Waals surface area contributed by atoms with E-state index in [0.29, 0.717) is 24.6 Å². The van der Waals surface area contributed by atoms with Crippen molar-refractivity contribution in [1.82, 2.24) is 15.2 Å². The van der Waals surface area contributed by atoms with Crippen LogP contribution in [0, 0.1) is 11.8 Å². The Balaban J connectivity index is 1.64. The maximum atomic E-state index is 12.5. The molecule has 2 N–H and O–H groups in total. The first kappa shape index (κ1) is 18.0. The molecule has 0 radical (unpaired) electrons. The van der Waals surface area contributed by atoms with E-state index in [2.05, 4.69) is 10.3 Å². The number of carboxylic acid groups (broad SMARTS) is 1. The third kappa shape index (κ3) is 4.04. The minimum atomic E-state index is -0.859. The first-order valence-electron chi connectivity index (χ1n) is 8.73. The van der Waals surface area contributed by atoms with Gasteiger partial charge in [0.2, 0.25) is 5.89 Å². The molecule has 3 unspecified atom stereocenters. The summed E-state index contributed by atoms with van der Waals surface area (Å²) in [4.78, 5) is 29.6. The Kier molecular flexibility index (Phi) is 5.25. The Bertz CT molecular complexity index is 774. The van der Waals surface area contributed by atoms with Crippen LogP contribution >= 0.6 is 0 Å². The molecule has 138 valence electrons. The Morgan fingerprint density at radius 3 is 2.73 bits per heavy atom. The molecule has 1 aromatic carbocycles. The summed E-state index contributed by atoms with van der Waals surface area (Å²) in [6.07, 6.45) is 2.23. The quantitative estimate of drug-likeness (QED) is 0.876. The molecule has 7 nitrogen and oxygen atoms in total. The van der Waals surface area contributed by atoms with Gasteiger partial charge in [-0.1, -0.05) is 37.3 Å². The van der Waals surface area contributed by atoms with Gasteiger partial charge < -0.3 is 19.7 Å². The number of aliphatic carboxylic acids is 1. The lowest BCUT2D eigenvalue weighted by Crippen LogP contribution is -2.49. The number of amides is 2. The lowest BCUT2D eigenvalue weighted by atomic mass is 9.91. The molecule has 0 spiro atoms. The van der Waals surface area contributed by atoms with Crippen molar-refractivity contribution in [3.05, 3.63) is 42.4 Å². The number of carbonyl (C=O) groups excluding carboxylic acids is 1. The van der Waals surface area contributed by atoms with Crippen molar-refractivity contribution in [1.29, 1.82) is 0 Å². The molecule has 7 heteroatoms. The van der Waals surface area contributed by atoms with Gasteiger partial charge >= 0.3 is 12.0 Å². The van der Waals surface area contributed by atoms with Crippen LogP contribution in [0.1, 0.15) is 32.2 Å². The first-order chi connectivity index (χ1) is 12.4. The zero-order valence-corrected chi connectivity index (χ0v) is 14.9. The number of likely N-dealkylation sites (tertiary alicyclic amines) is 1. The third-order valence-electron chi connectivity index (χ3n) is 4.59. The highest BCUT2D eigenvalue weighted by molar-refractivity contribution is 5.77. The Morgan fingerprint density at radius 2 is 2.04 bits per heavy atom. The van der Waals surface area contributed by atoms with Crippen LogP contribution in [-0.4, -0.2) is 40.1 Å². The molecule has 2 aromatic rings. The predicted molar refractivity (Wildman–Crippen MR) is 95.4 cm³/mol. The summed E-state index contributed by atoms with van der Waals surface area (Å²) in [6, 6.07) is 8.89. The van der Waals surface area contributed by atoms with Crippen LogP contribution in [0.5, 0.6) is 0 Å². The largest absolute Gasteiger partial charge is 0.481 e. The summed E-state index contributed by atoms with van der Waals surface area (Å²) in [5, 5.41) is 12.1. The van der Waals surface area contributed by atoms with E-state index >= 15 is 0 Å². The number of nitrogens with one attached hydrogen (secondary N) is 1. The van der Waals surface area contributed by atoms with Crippen molar-refractivity contribution in [2.45, 2.75) is 26.3 Å². The minimum Gasteiger partial charge on any atom is -0.481 e. The molecule has 1 fully saturated rings. The number of hydrogen-bond donors (Lipinski definition) is 2. The van der Waals surface area contributed by atoms with E-state index in [1.54, 1.807) is 18.0 Å². The van der Waals surface area contributed by atoms with Gasteiger partial charge in [0.25, 0.3) is 0 Å². The minimum absolute atomic E-state index is 0.150. The van der Waals surface area contributed by atoms with Gasteiger partial charge in [0.15, 0.2) is 5.76 Å². The molecule has 1 aliphatic heterocycles. The average Bonchev–Trinajstić information content (AvgIpc) is 3.12. The topological polar surface area (TPSA) is 95.7 Å². The lowest BCUT2D eigenvalue weighted by molar-refractivity contribution is -0.143. The second kappa shape index (κ2) is 7.59. The predicted octanol–water partition coefficient (Wildman–Crippen LogP) is 3.15. The van der Waals surface area contributed by atoms with Crippen LogP contribution in [0.3, 0.4) is 0 Å². The highest BCUT2D eigenvalue weighted by Gasteiger charge is 2.32. The highest BCUT2D eigenvalue weighted by Crippen LogP contribution is 2.24. The molecule has 2 amide bonds. The standard InChI is InChI=1S/C19H23N3O4/c1-12-8-15(18(23)24)11-22(10-12)19(25)21-13(2)17-20-9-16(26-17)14-6-4-3-5-7-14/h3-7,9,12-13,15H,8,10-11H2,1-2H3,(H,21,25)(H,23,24). The second-order valence-corrected chi connectivity index (χ2v) is 6.88. The maximum Gasteiger partial charge on any atom is 0.318 e. The van der Waals surface area contributed by atoms with E-state index in [4.69, 9.17) is 4.42 Å². The fourth-order valence-corrected chi connectivity index (χ4v) is 3.26. The molecular weight excluding hydrogens is 334 g/mol. The van der Waals surface area contributed by atoms with Crippen molar-refractivity contribution < 1.29 is 19.1 Å². The van der Waals surface area contributed by atoms with Gasteiger partial charge in [-0.2, -0.15) is 0 Å². The van der Waals surface area contributed by atoms with Crippen molar-refractivity contribution >= 4 is 12.0 Å². The van der Waals surface area contributed by atoms with E-state index in [9.17, 15) is 14.7 Å². The van der Waals surface area contributed by atoms with Gasteiger partial charge in [0, 0.05) is 18.7 Å². The first-order valence-corrected chi connectivity index (χ1v) is 8.73. The van der Waals surface area contributed by atoms with Gasteiger partial charge in [-0.05, 0) is 19.3 Å². The van der Waals surface area contributed by atoms with E-state index < -0.39 is 17.9 Å². The summed E-state index contributed by atoms with van der Waals surface area (Å²) < 4.78 is 5.76. The SMILES string of the molecule is CC1CC(C(=O)O)CN(C(=O)NC(C)c2ncc(-c3ccccc3)o2)C1. The summed E-state index contributed by atoms with van der Waals surface area (Å²) in [5.41, 5.74) is 0.916. The van der Waals surface area contributed by atoms with Gasteiger partial charge in [-0.15, -0.1) is 0 Å². The fourth-order valence-electron chi connectivity index (χ4n) is 3.26. The van der Waals surface area contributed by atoms with Crippen LogP contribution < -0.4 is 5.32 Å². The Morgan fingerprint density at radius 1 is 1.31 bits per heavy atom. The number of aromatic nitrogens is 1. The fraction of sp³-hybridized carbons (Fsp3) is 0.421. The van der Waals surface area contributed by atoms with Crippen LogP contribution in [0.4, 0.5) is 4.79 Å². The van der Waals surface area contributed by atoms with Crippen molar-refractivity contribution in [2.24, 2.45) is 11.8 Å². The molecule has 3 atom stereocenters. The van der Waals surface area contributed by atoms with Gasteiger partial charge in [0.1, 0.15) is 6.04 Å². The van der Waals surface area contributed by atoms with E-state index in [0.717, 1.165) is 5.56 Å². The van der Waals surface area contributed by atoms with Crippen molar-refractivity contribution in [3.63, 3.8) is 0 Å². The summed E-state index contributed by atoms with van der Waals surface area (Å²) in [7, 11) is 0. The smallest absolute Gasteiger partial charge is 0.318 e. The zero-order valence-electron chi connectivity index (χ0n) is 14.9. The van der Waals surface area contributed by atoms with Crippen molar-refractivity contribution in [2.75, 3.05) is 13.1 Å². The normalized spacial score (nSPS) is 21.2. The van der Waals surface area contributed by atoms with Crippen LogP contribution in [0.2, 0.25) is 0 Å². The van der Waals surface area contributed by atoms with E-state index in [-0.39, 0.29) is 18.5 Å². The lowest BCUT2D eigenvalue weighted by Gasteiger charge is -2.35. The van der Waals surface area contributed by atoms with Crippen LogP contribution in [-0.2, 0) is 4.79 Å². The maximum absolute atomic E-state index is 12.5. The molecule has 1 aliphatic rings. The van der Waals surface area contributed by atoms with E-state index in [1.807, 2.05) is 37.3 Å². The highest BCUT2D eigenvalue weighted by atomic mass is 16.4. The number of carboxylic acids is 1. The van der Waals surface area contributed by atoms with Gasteiger partial charge in [-0.3, -0.25) is 4.79 Å². The second-order valence-electron chi connectivity index (χ2n) is 6.88. The molecule has 1 aromatic heterocycles. The van der Waals surface area contributed by atoms with Crippen LogP contribution in [0.15, 0.2) is 40.9 Å². The monoisotopic (exact) mass is 357 g/mol. The zero-order chi connectivity index (χ0) is 18.7. The third-order valence-corrected chi connectivity index (χ3v) is 4.59. The Labute approximate surface area is 152 Å². The molecular formula is C19H23N3O4. The van der Waals surface area contributed by atoms with Gasteiger partial charge in [0.05, 0.1) is 12.1 Å². The molecule has 2 heterocycles.